The Bertz CT molecular complexity index is 539. The molecule has 0 aliphatic heterocycles. The van der Waals surface area contributed by atoms with Crippen LogP contribution in [0.15, 0.2) is 30.6 Å². The molecule has 0 atom stereocenters. The van der Waals surface area contributed by atoms with E-state index in [0.29, 0.717) is 0 Å². The van der Waals surface area contributed by atoms with E-state index >= 15 is 0 Å². The minimum Gasteiger partial charge on any atom is -0.461 e. The summed E-state index contributed by atoms with van der Waals surface area (Å²) in [7, 11) is 0. The van der Waals surface area contributed by atoms with Crippen molar-refractivity contribution in [1.82, 2.24) is 14.8 Å². The van der Waals surface area contributed by atoms with E-state index in [0.717, 1.165) is 0 Å². The Morgan fingerprint density at radius 3 is 3.06 bits per heavy atom. The van der Waals surface area contributed by atoms with Crippen LogP contribution in [0.3, 0.4) is 0 Å². The predicted molar refractivity (Wildman–Crippen MR) is 57.3 cm³/mol. The van der Waals surface area contributed by atoms with Crippen molar-refractivity contribution in [3.8, 4) is 5.82 Å². The maximum atomic E-state index is 13.4. The molecule has 0 aliphatic carbocycles. The van der Waals surface area contributed by atoms with Crippen LogP contribution in [-0.4, -0.2) is 27.3 Å². The number of halogens is 1. The summed E-state index contributed by atoms with van der Waals surface area (Å²) in [5.41, 5.74) is 0.122. The topological polar surface area (TPSA) is 57.0 Å². The minimum atomic E-state index is -0.539. The van der Waals surface area contributed by atoms with Gasteiger partial charge in [0, 0.05) is 12.4 Å². The van der Waals surface area contributed by atoms with E-state index in [4.69, 9.17) is 4.74 Å². The Kier molecular flexibility index (Phi) is 3.13. The van der Waals surface area contributed by atoms with Crippen molar-refractivity contribution in [3.63, 3.8) is 0 Å². The molecule has 0 unspecified atom stereocenters. The Morgan fingerprint density at radius 2 is 2.35 bits per heavy atom. The lowest BCUT2D eigenvalue weighted by Crippen LogP contribution is -2.07. The molecule has 2 aromatic rings. The Morgan fingerprint density at radius 1 is 1.53 bits per heavy atom. The maximum Gasteiger partial charge on any atom is 0.358 e. The van der Waals surface area contributed by atoms with Gasteiger partial charge in [0.05, 0.1) is 6.61 Å². The second-order valence-electron chi connectivity index (χ2n) is 3.17. The molecule has 0 fully saturated rings. The molecule has 2 aromatic heterocycles. The van der Waals surface area contributed by atoms with Crippen LogP contribution in [-0.2, 0) is 4.74 Å². The number of rotatable bonds is 3. The van der Waals surface area contributed by atoms with E-state index in [2.05, 4.69) is 10.1 Å². The highest BCUT2D eigenvalue weighted by atomic mass is 19.1. The molecule has 0 spiro atoms. The van der Waals surface area contributed by atoms with E-state index in [1.165, 1.54) is 35.3 Å². The molecule has 0 amide bonds. The third-order valence-corrected chi connectivity index (χ3v) is 2.03. The van der Waals surface area contributed by atoms with Gasteiger partial charge in [-0.15, -0.1) is 0 Å². The van der Waals surface area contributed by atoms with Crippen LogP contribution in [0.2, 0.25) is 0 Å². The normalized spacial score (nSPS) is 10.2. The molecule has 0 saturated carbocycles. The van der Waals surface area contributed by atoms with Gasteiger partial charge in [-0.1, -0.05) is 0 Å². The number of nitrogens with zero attached hydrogens (tertiary/aromatic N) is 3. The van der Waals surface area contributed by atoms with Crippen molar-refractivity contribution < 1.29 is 13.9 Å². The van der Waals surface area contributed by atoms with Crippen LogP contribution in [0.1, 0.15) is 17.4 Å². The first-order chi connectivity index (χ1) is 8.22. The van der Waals surface area contributed by atoms with Gasteiger partial charge in [-0.3, -0.25) is 0 Å². The number of aromatic nitrogens is 3. The van der Waals surface area contributed by atoms with Gasteiger partial charge in [0.15, 0.2) is 17.3 Å². The summed E-state index contributed by atoms with van der Waals surface area (Å²) in [5, 5.41) is 3.90. The SMILES string of the molecule is CCOC(=O)c1ccn(-c2ncccc2F)n1. The number of pyridine rings is 1. The third kappa shape index (κ3) is 2.30. The fraction of sp³-hybridized carbons (Fsp3) is 0.182. The van der Waals surface area contributed by atoms with E-state index in [9.17, 15) is 9.18 Å². The van der Waals surface area contributed by atoms with Gasteiger partial charge in [0.2, 0.25) is 0 Å². The summed E-state index contributed by atoms with van der Waals surface area (Å²) in [6, 6.07) is 4.20. The molecular formula is C11H10FN3O2. The van der Waals surface area contributed by atoms with Crippen molar-refractivity contribution in [1.29, 1.82) is 0 Å². The zero-order valence-corrected chi connectivity index (χ0v) is 9.13. The first-order valence-electron chi connectivity index (χ1n) is 5.06. The zero-order valence-electron chi connectivity index (χ0n) is 9.13. The minimum absolute atomic E-state index is 0.0445. The average Bonchev–Trinajstić information content (AvgIpc) is 2.79. The molecule has 6 heteroatoms. The largest absolute Gasteiger partial charge is 0.461 e. The Balaban J connectivity index is 2.30. The molecule has 17 heavy (non-hydrogen) atoms. The molecule has 0 bridgehead atoms. The number of hydrogen-bond donors (Lipinski definition) is 0. The average molecular weight is 235 g/mol. The molecule has 0 radical (unpaired) electrons. The van der Waals surface area contributed by atoms with Crippen molar-refractivity contribution >= 4 is 5.97 Å². The summed E-state index contributed by atoms with van der Waals surface area (Å²) in [6.45, 7) is 1.97. The summed E-state index contributed by atoms with van der Waals surface area (Å²) in [5.74, 6) is -1.00. The summed E-state index contributed by atoms with van der Waals surface area (Å²) >= 11 is 0. The van der Waals surface area contributed by atoms with Crippen LogP contribution in [0.5, 0.6) is 0 Å². The van der Waals surface area contributed by atoms with Crippen LogP contribution in [0, 0.1) is 5.82 Å². The summed E-state index contributed by atoms with van der Waals surface area (Å²) < 4.78 is 19.4. The number of esters is 1. The standard InChI is InChI=1S/C11H10FN3O2/c1-2-17-11(16)9-5-7-15(14-9)10-8(12)4-3-6-13-10/h3-7H,2H2,1H3. The van der Waals surface area contributed by atoms with Crippen LogP contribution in [0.25, 0.3) is 5.82 Å². The number of carbonyl (C=O) groups excluding carboxylic acids is 1. The molecule has 0 N–H and O–H groups in total. The maximum absolute atomic E-state index is 13.4. The van der Waals surface area contributed by atoms with Gasteiger partial charge in [-0.2, -0.15) is 5.10 Å². The molecule has 0 aliphatic rings. The molecule has 5 nitrogen and oxygen atoms in total. The zero-order chi connectivity index (χ0) is 12.3. The van der Waals surface area contributed by atoms with Crippen molar-refractivity contribution in [3.05, 3.63) is 42.1 Å². The Labute approximate surface area is 96.9 Å². The lowest BCUT2D eigenvalue weighted by atomic mass is 10.4. The van der Waals surface area contributed by atoms with Crippen LogP contribution in [0.4, 0.5) is 4.39 Å². The van der Waals surface area contributed by atoms with E-state index in [-0.39, 0.29) is 18.1 Å². The first kappa shape index (κ1) is 11.3. The van der Waals surface area contributed by atoms with Crippen molar-refractivity contribution in [2.24, 2.45) is 0 Å². The van der Waals surface area contributed by atoms with Crippen LogP contribution >= 0.6 is 0 Å². The second-order valence-corrected chi connectivity index (χ2v) is 3.17. The van der Waals surface area contributed by atoms with Gasteiger partial charge in [-0.05, 0) is 25.1 Å². The Hall–Kier alpha value is -2.24. The number of carbonyl (C=O) groups is 1. The predicted octanol–water partition coefficient (Wildman–Crippen LogP) is 1.58. The molecular weight excluding hydrogens is 225 g/mol. The molecule has 0 aromatic carbocycles. The summed E-state index contributed by atoms with van der Waals surface area (Å²) in [4.78, 5) is 15.2. The highest BCUT2D eigenvalue weighted by molar-refractivity contribution is 5.87. The van der Waals surface area contributed by atoms with E-state index < -0.39 is 11.8 Å². The molecule has 0 saturated heterocycles. The van der Waals surface area contributed by atoms with Gasteiger partial charge >= 0.3 is 5.97 Å². The fourth-order valence-electron chi connectivity index (χ4n) is 1.30. The lowest BCUT2D eigenvalue weighted by Gasteiger charge is -2.00. The van der Waals surface area contributed by atoms with E-state index in [1.807, 2.05) is 0 Å². The van der Waals surface area contributed by atoms with Gasteiger partial charge < -0.3 is 4.74 Å². The third-order valence-electron chi connectivity index (χ3n) is 2.03. The molecule has 88 valence electrons. The van der Waals surface area contributed by atoms with Gasteiger partial charge in [0.25, 0.3) is 0 Å². The second kappa shape index (κ2) is 4.73. The van der Waals surface area contributed by atoms with Crippen LogP contribution < -0.4 is 0 Å². The lowest BCUT2D eigenvalue weighted by molar-refractivity contribution is 0.0519. The quantitative estimate of drug-likeness (QED) is 0.758. The molecule has 2 heterocycles. The monoisotopic (exact) mass is 235 g/mol. The first-order valence-corrected chi connectivity index (χ1v) is 5.06. The van der Waals surface area contributed by atoms with Crippen molar-refractivity contribution in [2.45, 2.75) is 6.92 Å². The highest BCUT2D eigenvalue weighted by Crippen LogP contribution is 2.09. The van der Waals surface area contributed by atoms with Gasteiger partial charge in [0.1, 0.15) is 0 Å². The summed E-state index contributed by atoms with van der Waals surface area (Å²) in [6.07, 6.45) is 2.90. The number of hydrogen-bond acceptors (Lipinski definition) is 4. The van der Waals surface area contributed by atoms with E-state index in [1.54, 1.807) is 6.92 Å². The number of ether oxygens (including phenoxy) is 1. The van der Waals surface area contributed by atoms with Crippen molar-refractivity contribution in [2.75, 3.05) is 6.61 Å². The fourth-order valence-corrected chi connectivity index (χ4v) is 1.30. The van der Waals surface area contributed by atoms with Gasteiger partial charge in [-0.25, -0.2) is 18.9 Å². The smallest absolute Gasteiger partial charge is 0.358 e. The highest BCUT2D eigenvalue weighted by Gasteiger charge is 2.12. The molecule has 2 rings (SSSR count).